The molecule has 1 unspecified atom stereocenters. The number of hydrogen-bond acceptors (Lipinski definition) is 5. The number of nitrogens with zero attached hydrogens (tertiary/aromatic N) is 2. The Morgan fingerprint density at radius 1 is 1.50 bits per heavy atom. The van der Waals surface area contributed by atoms with E-state index in [1.807, 2.05) is 38.3 Å². The molecule has 2 rings (SSSR count). The average molecular weight is 305 g/mol. The zero-order valence-corrected chi connectivity index (χ0v) is 13.1. The predicted octanol–water partition coefficient (Wildman–Crippen LogP) is 3.63. The third-order valence-corrected chi connectivity index (χ3v) is 4.67. The summed E-state index contributed by atoms with van der Waals surface area (Å²) in [4.78, 5) is 18.2. The van der Waals surface area contributed by atoms with E-state index >= 15 is 0 Å². The first-order valence-corrected chi connectivity index (χ1v) is 7.93. The van der Waals surface area contributed by atoms with E-state index in [1.54, 1.807) is 0 Å². The smallest absolute Gasteiger partial charge is 0.264 e. The molecule has 0 aliphatic heterocycles. The minimum absolute atomic E-state index is 0.183. The molecule has 0 aliphatic carbocycles. The summed E-state index contributed by atoms with van der Waals surface area (Å²) < 4.78 is 0. The molecule has 0 saturated carbocycles. The molecule has 0 spiro atoms. The number of amides is 1. The van der Waals surface area contributed by atoms with E-state index < -0.39 is 6.04 Å². The molecule has 4 nitrogen and oxygen atoms in total. The maximum Gasteiger partial charge on any atom is 0.264 e. The van der Waals surface area contributed by atoms with Gasteiger partial charge in [0.1, 0.15) is 4.88 Å². The number of nitrogens with one attached hydrogen (secondary N) is 1. The topological polar surface area (TPSA) is 65.8 Å². The van der Waals surface area contributed by atoms with Gasteiger partial charge in [-0.15, -0.1) is 22.7 Å². The predicted molar refractivity (Wildman–Crippen MR) is 81.1 cm³/mol. The van der Waals surface area contributed by atoms with Crippen molar-refractivity contribution in [1.29, 1.82) is 5.26 Å². The molecule has 104 valence electrons. The quantitative estimate of drug-likeness (QED) is 0.938. The Labute approximate surface area is 126 Å². The molecule has 2 aromatic heterocycles. The summed E-state index contributed by atoms with van der Waals surface area (Å²) in [6, 6.07) is 5.23. The summed E-state index contributed by atoms with van der Waals surface area (Å²) in [5, 5.41) is 14.7. The second-order valence-corrected chi connectivity index (χ2v) is 6.84. The molecule has 2 aromatic rings. The van der Waals surface area contributed by atoms with E-state index in [-0.39, 0.29) is 11.8 Å². The van der Waals surface area contributed by atoms with E-state index in [9.17, 15) is 10.1 Å². The van der Waals surface area contributed by atoms with Gasteiger partial charge in [-0.2, -0.15) is 5.26 Å². The Morgan fingerprint density at radius 2 is 2.25 bits per heavy atom. The van der Waals surface area contributed by atoms with Crippen molar-refractivity contribution in [3.05, 3.63) is 38.0 Å². The van der Waals surface area contributed by atoms with Crippen LogP contribution >= 0.6 is 22.7 Å². The fraction of sp³-hybridized carbons (Fsp3) is 0.357. The van der Waals surface area contributed by atoms with Crippen LogP contribution in [0.4, 0.5) is 0 Å². The summed E-state index contributed by atoms with van der Waals surface area (Å²) in [7, 11) is 0. The molecular formula is C14H15N3OS2. The molecule has 20 heavy (non-hydrogen) atoms. The lowest BCUT2D eigenvalue weighted by Gasteiger charge is -2.10. The summed E-state index contributed by atoms with van der Waals surface area (Å²) >= 11 is 2.83. The average Bonchev–Trinajstić information content (AvgIpc) is 3.04. The van der Waals surface area contributed by atoms with E-state index in [1.165, 1.54) is 22.7 Å². The van der Waals surface area contributed by atoms with Crippen molar-refractivity contribution in [3.63, 3.8) is 0 Å². The van der Waals surface area contributed by atoms with Gasteiger partial charge in [0.2, 0.25) is 0 Å². The minimum atomic E-state index is -0.607. The number of carbonyl (C=O) groups excluding carboxylic acids is 1. The number of aromatic nitrogens is 1. The zero-order valence-electron chi connectivity index (χ0n) is 11.5. The molecular weight excluding hydrogens is 290 g/mol. The van der Waals surface area contributed by atoms with Crippen LogP contribution in [0, 0.1) is 18.3 Å². The van der Waals surface area contributed by atoms with Crippen LogP contribution in [-0.4, -0.2) is 10.9 Å². The molecule has 1 amide bonds. The highest BCUT2D eigenvalue weighted by molar-refractivity contribution is 7.13. The summed E-state index contributed by atoms with van der Waals surface area (Å²) in [6.45, 7) is 5.90. The second kappa shape index (κ2) is 6.16. The maximum atomic E-state index is 12.4. The van der Waals surface area contributed by atoms with Crippen molar-refractivity contribution >= 4 is 28.6 Å². The lowest BCUT2D eigenvalue weighted by atomic mass is 10.1. The molecule has 6 heteroatoms. The lowest BCUT2D eigenvalue weighted by Crippen LogP contribution is -2.27. The molecule has 2 heterocycles. The Morgan fingerprint density at radius 3 is 2.80 bits per heavy atom. The number of rotatable bonds is 4. The molecule has 0 aliphatic rings. The van der Waals surface area contributed by atoms with Crippen molar-refractivity contribution in [3.8, 4) is 6.07 Å². The van der Waals surface area contributed by atoms with E-state index in [0.29, 0.717) is 4.88 Å². The van der Waals surface area contributed by atoms with Crippen molar-refractivity contribution in [1.82, 2.24) is 10.3 Å². The van der Waals surface area contributed by atoms with Crippen LogP contribution in [0.3, 0.4) is 0 Å². The van der Waals surface area contributed by atoms with Gasteiger partial charge in [-0.1, -0.05) is 19.9 Å². The third-order valence-electron chi connectivity index (χ3n) is 2.75. The molecule has 0 saturated heterocycles. The Balaban J connectivity index is 2.22. The maximum absolute atomic E-state index is 12.4. The monoisotopic (exact) mass is 305 g/mol. The Kier molecular flexibility index (Phi) is 4.53. The Bertz CT molecular complexity index is 638. The van der Waals surface area contributed by atoms with Crippen molar-refractivity contribution in [2.75, 3.05) is 0 Å². The van der Waals surface area contributed by atoms with Crippen LogP contribution < -0.4 is 5.32 Å². The standard InChI is InChI=1S/C14H15N3OS2/c1-8(2)12-13(20-9(3)16-12)14(18)17-10(7-15)11-5-4-6-19-11/h4-6,8,10H,1-3H3,(H,17,18). The zero-order chi connectivity index (χ0) is 14.7. The van der Waals surface area contributed by atoms with Crippen LogP contribution in [0.25, 0.3) is 0 Å². The van der Waals surface area contributed by atoms with Crippen molar-refractivity contribution in [2.24, 2.45) is 0 Å². The number of aryl methyl sites for hydroxylation is 1. The first-order chi connectivity index (χ1) is 9.52. The molecule has 0 aromatic carbocycles. The lowest BCUT2D eigenvalue weighted by molar-refractivity contribution is 0.0948. The first-order valence-electron chi connectivity index (χ1n) is 6.24. The first kappa shape index (κ1) is 14.7. The highest BCUT2D eigenvalue weighted by Crippen LogP contribution is 2.26. The second-order valence-electron chi connectivity index (χ2n) is 4.65. The molecule has 0 bridgehead atoms. The van der Waals surface area contributed by atoms with Crippen molar-refractivity contribution < 1.29 is 4.79 Å². The van der Waals surface area contributed by atoms with Gasteiger partial charge in [-0.25, -0.2) is 4.98 Å². The highest BCUT2D eigenvalue weighted by atomic mass is 32.1. The van der Waals surface area contributed by atoms with Crippen LogP contribution in [0.1, 0.15) is 51.1 Å². The number of nitriles is 1. The third kappa shape index (κ3) is 3.06. The van der Waals surface area contributed by atoms with Crippen molar-refractivity contribution in [2.45, 2.75) is 32.7 Å². The fourth-order valence-electron chi connectivity index (χ4n) is 1.82. The summed E-state index contributed by atoms with van der Waals surface area (Å²) in [5.41, 5.74) is 0.799. The van der Waals surface area contributed by atoms with Crippen LogP contribution in [0.5, 0.6) is 0 Å². The molecule has 1 atom stereocenters. The largest absolute Gasteiger partial charge is 0.331 e. The minimum Gasteiger partial charge on any atom is -0.331 e. The fourth-order valence-corrected chi connectivity index (χ4v) is 3.51. The van der Waals surface area contributed by atoms with Gasteiger partial charge in [0.15, 0.2) is 6.04 Å². The highest BCUT2D eigenvalue weighted by Gasteiger charge is 2.22. The molecule has 0 fully saturated rings. The van der Waals surface area contributed by atoms with Crippen LogP contribution in [-0.2, 0) is 0 Å². The number of thiophene rings is 1. The summed E-state index contributed by atoms with van der Waals surface area (Å²) in [6.07, 6.45) is 0. The van der Waals surface area contributed by atoms with Gasteiger partial charge in [-0.3, -0.25) is 4.79 Å². The van der Waals surface area contributed by atoms with Gasteiger partial charge in [0, 0.05) is 4.88 Å². The van der Waals surface area contributed by atoms with Gasteiger partial charge in [-0.05, 0) is 24.3 Å². The Hall–Kier alpha value is -1.71. The van der Waals surface area contributed by atoms with Gasteiger partial charge in [0.25, 0.3) is 5.91 Å². The van der Waals surface area contributed by atoms with Gasteiger partial charge in [0.05, 0.1) is 16.8 Å². The van der Waals surface area contributed by atoms with Crippen LogP contribution in [0.2, 0.25) is 0 Å². The van der Waals surface area contributed by atoms with Gasteiger partial charge >= 0.3 is 0 Å². The van der Waals surface area contributed by atoms with E-state index in [4.69, 9.17) is 0 Å². The van der Waals surface area contributed by atoms with E-state index in [0.717, 1.165) is 15.6 Å². The van der Waals surface area contributed by atoms with E-state index in [2.05, 4.69) is 16.4 Å². The molecule has 0 radical (unpaired) electrons. The SMILES string of the molecule is Cc1nc(C(C)C)c(C(=O)NC(C#N)c2cccs2)s1. The van der Waals surface area contributed by atoms with Gasteiger partial charge < -0.3 is 5.32 Å². The number of thiazole rings is 1. The normalized spacial score (nSPS) is 12.2. The number of carbonyl (C=O) groups is 1. The van der Waals surface area contributed by atoms with Crippen LogP contribution in [0.15, 0.2) is 17.5 Å². The molecule has 1 N–H and O–H groups in total. The number of hydrogen-bond donors (Lipinski definition) is 1. The summed E-state index contributed by atoms with van der Waals surface area (Å²) in [5.74, 6) is -0.0396.